The lowest BCUT2D eigenvalue weighted by Gasteiger charge is -2.15. The zero-order valence-corrected chi connectivity index (χ0v) is 17.6. The number of thioether (sulfide) groups is 1. The first-order chi connectivity index (χ1) is 13.3. The lowest BCUT2D eigenvalue weighted by atomic mass is 10.2. The molecule has 0 unspecified atom stereocenters. The number of fused-ring (bicyclic) bond motifs is 1. The van der Waals surface area contributed by atoms with Crippen molar-refractivity contribution in [1.82, 2.24) is 9.55 Å². The van der Waals surface area contributed by atoms with Gasteiger partial charge in [-0.3, -0.25) is 14.2 Å². The predicted octanol–water partition coefficient (Wildman–Crippen LogP) is 4.75. The molecule has 3 aromatic rings. The Labute approximate surface area is 173 Å². The van der Waals surface area contributed by atoms with Crippen LogP contribution in [-0.2, 0) is 11.3 Å². The van der Waals surface area contributed by atoms with Gasteiger partial charge in [0.15, 0.2) is 5.16 Å². The number of hydrogen-bond donors (Lipinski definition) is 1. The fraction of sp³-hybridized carbons (Fsp3) is 0.286. The molecule has 0 aliphatic carbocycles. The van der Waals surface area contributed by atoms with Crippen LogP contribution in [0.15, 0.2) is 52.4 Å². The van der Waals surface area contributed by atoms with Gasteiger partial charge in [0.2, 0.25) is 5.91 Å². The molecule has 2 aromatic carbocycles. The van der Waals surface area contributed by atoms with E-state index in [9.17, 15) is 9.59 Å². The molecule has 5 nitrogen and oxygen atoms in total. The number of carbonyl (C=O) groups excluding carboxylic acids is 1. The van der Waals surface area contributed by atoms with Crippen molar-refractivity contribution in [2.24, 2.45) is 5.92 Å². The highest BCUT2D eigenvalue weighted by molar-refractivity contribution is 7.99. The molecule has 0 saturated heterocycles. The van der Waals surface area contributed by atoms with Crippen molar-refractivity contribution < 1.29 is 4.79 Å². The highest BCUT2D eigenvalue weighted by atomic mass is 35.5. The lowest BCUT2D eigenvalue weighted by Crippen LogP contribution is -2.26. The Morgan fingerprint density at radius 2 is 2.00 bits per heavy atom. The molecule has 0 atom stereocenters. The minimum atomic E-state index is -0.143. The Bertz CT molecular complexity index is 1080. The minimum absolute atomic E-state index is 0.114. The second kappa shape index (κ2) is 8.80. The van der Waals surface area contributed by atoms with E-state index in [0.29, 0.717) is 27.6 Å². The van der Waals surface area contributed by atoms with Crippen molar-refractivity contribution in [3.05, 3.63) is 63.4 Å². The van der Waals surface area contributed by atoms with Gasteiger partial charge in [0.25, 0.3) is 5.56 Å². The summed E-state index contributed by atoms with van der Waals surface area (Å²) in [6.45, 7) is 6.56. The molecule has 1 aromatic heterocycles. The highest BCUT2D eigenvalue weighted by Gasteiger charge is 2.15. The Balaban J connectivity index is 1.87. The van der Waals surface area contributed by atoms with Gasteiger partial charge in [-0.05, 0) is 42.7 Å². The number of amides is 1. The van der Waals surface area contributed by atoms with E-state index in [2.05, 4.69) is 10.3 Å². The smallest absolute Gasteiger partial charge is 0.262 e. The molecule has 0 aliphatic rings. The molecular formula is C21H22ClN3O2S. The van der Waals surface area contributed by atoms with Crippen LogP contribution in [-0.4, -0.2) is 21.2 Å². The van der Waals surface area contributed by atoms with Crippen LogP contribution in [0, 0.1) is 12.8 Å². The molecule has 28 heavy (non-hydrogen) atoms. The van der Waals surface area contributed by atoms with Gasteiger partial charge in [0.05, 0.1) is 16.7 Å². The molecule has 7 heteroatoms. The normalized spacial score (nSPS) is 11.2. The number of aryl methyl sites for hydroxylation is 1. The number of aromatic nitrogens is 2. The summed E-state index contributed by atoms with van der Waals surface area (Å²) in [5.74, 6) is 0.283. The summed E-state index contributed by atoms with van der Waals surface area (Å²) < 4.78 is 1.65. The number of anilines is 1. The summed E-state index contributed by atoms with van der Waals surface area (Å²) >= 11 is 7.31. The van der Waals surface area contributed by atoms with E-state index in [4.69, 9.17) is 11.6 Å². The first-order valence-electron chi connectivity index (χ1n) is 9.03. The summed E-state index contributed by atoms with van der Waals surface area (Å²) in [6.07, 6.45) is 0. The van der Waals surface area contributed by atoms with E-state index >= 15 is 0 Å². The van der Waals surface area contributed by atoms with Gasteiger partial charge in [-0.1, -0.05) is 55.4 Å². The van der Waals surface area contributed by atoms with Crippen molar-refractivity contribution >= 4 is 45.9 Å². The fourth-order valence-corrected chi connectivity index (χ4v) is 3.81. The van der Waals surface area contributed by atoms with Crippen molar-refractivity contribution in [3.8, 4) is 0 Å². The van der Waals surface area contributed by atoms with E-state index in [0.717, 1.165) is 11.3 Å². The zero-order chi connectivity index (χ0) is 20.3. The van der Waals surface area contributed by atoms with Gasteiger partial charge >= 0.3 is 0 Å². The number of carbonyl (C=O) groups is 1. The number of hydrogen-bond acceptors (Lipinski definition) is 4. The first kappa shape index (κ1) is 20.4. The standard InChI is InChI=1S/C21H22ClN3O2S/c1-13(2)11-25-20(27)16-9-8-15(22)10-18(16)24-21(25)28-12-19(26)23-17-7-5-4-6-14(17)3/h4-10,13H,11-12H2,1-3H3,(H,23,26). The van der Waals surface area contributed by atoms with Gasteiger partial charge in [0, 0.05) is 17.3 Å². The summed E-state index contributed by atoms with van der Waals surface area (Å²) in [5, 5.41) is 4.48. The van der Waals surface area contributed by atoms with Crippen molar-refractivity contribution in [2.75, 3.05) is 11.1 Å². The van der Waals surface area contributed by atoms with Gasteiger partial charge < -0.3 is 5.32 Å². The number of nitrogens with one attached hydrogen (secondary N) is 1. The third-order valence-electron chi connectivity index (χ3n) is 4.18. The Morgan fingerprint density at radius 3 is 2.71 bits per heavy atom. The average molecular weight is 416 g/mol. The number of rotatable bonds is 6. The van der Waals surface area contributed by atoms with Crippen LogP contribution in [0.2, 0.25) is 5.02 Å². The van der Waals surface area contributed by atoms with E-state index < -0.39 is 0 Å². The number of benzene rings is 2. The molecule has 146 valence electrons. The number of para-hydroxylation sites is 1. The second-order valence-corrected chi connectivity index (χ2v) is 8.40. The number of nitrogens with zero attached hydrogens (tertiary/aromatic N) is 2. The molecule has 1 amide bonds. The van der Waals surface area contributed by atoms with Crippen molar-refractivity contribution in [1.29, 1.82) is 0 Å². The average Bonchev–Trinajstić information content (AvgIpc) is 2.64. The van der Waals surface area contributed by atoms with E-state index in [1.54, 1.807) is 22.8 Å². The molecule has 0 radical (unpaired) electrons. The van der Waals surface area contributed by atoms with Crippen LogP contribution < -0.4 is 10.9 Å². The quantitative estimate of drug-likeness (QED) is 0.466. The highest BCUT2D eigenvalue weighted by Crippen LogP contribution is 2.22. The summed E-state index contributed by atoms with van der Waals surface area (Å²) in [6, 6.07) is 12.7. The van der Waals surface area contributed by atoms with E-state index in [-0.39, 0.29) is 23.1 Å². The zero-order valence-electron chi connectivity index (χ0n) is 16.0. The van der Waals surface area contributed by atoms with Crippen LogP contribution in [0.5, 0.6) is 0 Å². The van der Waals surface area contributed by atoms with Crippen molar-refractivity contribution in [3.63, 3.8) is 0 Å². The number of halogens is 1. The maximum absolute atomic E-state index is 12.9. The van der Waals surface area contributed by atoms with E-state index in [1.807, 2.05) is 45.0 Å². The summed E-state index contributed by atoms with van der Waals surface area (Å²) in [5.41, 5.74) is 2.21. The molecule has 3 rings (SSSR count). The topological polar surface area (TPSA) is 64.0 Å². The molecule has 1 N–H and O–H groups in total. The molecule has 0 bridgehead atoms. The van der Waals surface area contributed by atoms with Crippen LogP contribution in [0.3, 0.4) is 0 Å². The summed E-state index contributed by atoms with van der Waals surface area (Å²) in [4.78, 5) is 30.0. The predicted molar refractivity (Wildman–Crippen MR) is 116 cm³/mol. The van der Waals surface area contributed by atoms with Crippen LogP contribution in [0.1, 0.15) is 19.4 Å². The van der Waals surface area contributed by atoms with Crippen LogP contribution >= 0.6 is 23.4 Å². The lowest BCUT2D eigenvalue weighted by molar-refractivity contribution is -0.113. The third-order valence-corrected chi connectivity index (χ3v) is 5.39. The van der Waals surface area contributed by atoms with Gasteiger partial charge in [0.1, 0.15) is 0 Å². The third kappa shape index (κ3) is 4.75. The maximum Gasteiger partial charge on any atom is 0.262 e. The Kier molecular flexibility index (Phi) is 6.42. The molecule has 0 saturated carbocycles. The maximum atomic E-state index is 12.9. The van der Waals surface area contributed by atoms with Crippen LogP contribution in [0.25, 0.3) is 10.9 Å². The largest absolute Gasteiger partial charge is 0.325 e. The minimum Gasteiger partial charge on any atom is -0.325 e. The Morgan fingerprint density at radius 1 is 1.25 bits per heavy atom. The van der Waals surface area contributed by atoms with Gasteiger partial charge in [-0.2, -0.15) is 0 Å². The molecular weight excluding hydrogens is 394 g/mol. The first-order valence-corrected chi connectivity index (χ1v) is 10.4. The van der Waals surface area contributed by atoms with Gasteiger partial charge in [-0.15, -0.1) is 0 Å². The summed E-state index contributed by atoms with van der Waals surface area (Å²) in [7, 11) is 0. The molecule has 0 spiro atoms. The van der Waals surface area contributed by atoms with Crippen molar-refractivity contribution in [2.45, 2.75) is 32.5 Å². The Hall–Kier alpha value is -2.31. The SMILES string of the molecule is Cc1ccccc1NC(=O)CSc1nc2cc(Cl)ccc2c(=O)n1CC(C)C. The van der Waals surface area contributed by atoms with E-state index in [1.165, 1.54) is 11.8 Å². The second-order valence-electron chi connectivity index (χ2n) is 7.02. The van der Waals surface area contributed by atoms with Crippen LogP contribution in [0.4, 0.5) is 5.69 Å². The molecule has 0 aliphatic heterocycles. The molecule has 0 fully saturated rings. The monoisotopic (exact) mass is 415 g/mol. The molecule has 1 heterocycles. The fourth-order valence-electron chi connectivity index (χ4n) is 2.84. The van der Waals surface area contributed by atoms with Gasteiger partial charge in [-0.25, -0.2) is 4.98 Å².